The molecule has 2 N–H and O–H groups in total. The van der Waals surface area contributed by atoms with Crippen molar-refractivity contribution in [2.45, 2.75) is 19.9 Å². The summed E-state index contributed by atoms with van der Waals surface area (Å²) in [5, 5.41) is 5.87. The number of carbonyl (C=O) groups excluding carboxylic acids is 2. The number of carbonyl (C=O) groups is 2. The highest BCUT2D eigenvalue weighted by Gasteiger charge is 2.13. The molecular weight excluding hydrogens is 422 g/mol. The van der Waals surface area contributed by atoms with Crippen molar-refractivity contribution in [3.63, 3.8) is 0 Å². The zero-order valence-electron chi connectivity index (χ0n) is 19.2. The molecule has 3 rings (SSSR count). The lowest BCUT2D eigenvalue weighted by Gasteiger charge is -2.26. The largest absolute Gasteiger partial charge is 0.490 e. The Morgan fingerprint density at radius 1 is 1.06 bits per heavy atom. The highest BCUT2D eigenvalue weighted by atomic mass is 16.5. The van der Waals surface area contributed by atoms with Crippen LogP contribution in [0.2, 0.25) is 0 Å². The maximum Gasteiger partial charge on any atom is 0.255 e. The first-order valence-electron chi connectivity index (χ1n) is 11.4. The van der Waals surface area contributed by atoms with Crippen LogP contribution in [-0.2, 0) is 20.8 Å². The van der Waals surface area contributed by atoms with Crippen molar-refractivity contribution in [2.75, 3.05) is 58.0 Å². The third kappa shape index (κ3) is 8.49. The fourth-order valence-electron chi connectivity index (χ4n) is 3.48. The second-order valence-electron chi connectivity index (χ2n) is 7.68. The lowest BCUT2D eigenvalue weighted by atomic mass is 10.1. The monoisotopic (exact) mass is 455 g/mol. The number of nitrogens with zero attached hydrogens (tertiary/aromatic N) is 1. The number of benzene rings is 2. The Kier molecular flexibility index (Phi) is 10.2. The van der Waals surface area contributed by atoms with Crippen LogP contribution in [0.5, 0.6) is 5.75 Å². The number of anilines is 1. The summed E-state index contributed by atoms with van der Waals surface area (Å²) in [5.74, 6) is 0.277. The van der Waals surface area contributed by atoms with Crippen molar-refractivity contribution >= 4 is 17.5 Å². The number of morpholine rings is 1. The summed E-state index contributed by atoms with van der Waals surface area (Å²) in [4.78, 5) is 27.3. The quantitative estimate of drug-likeness (QED) is 0.479. The topological polar surface area (TPSA) is 89.1 Å². The first-order chi connectivity index (χ1) is 16.2. The van der Waals surface area contributed by atoms with Crippen molar-refractivity contribution in [2.24, 2.45) is 0 Å². The molecule has 1 aliphatic rings. The zero-order chi connectivity index (χ0) is 23.3. The van der Waals surface area contributed by atoms with Gasteiger partial charge in [-0.15, -0.1) is 0 Å². The Hall–Kier alpha value is -2.94. The van der Waals surface area contributed by atoms with Gasteiger partial charge < -0.3 is 24.8 Å². The number of amides is 2. The Morgan fingerprint density at radius 3 is 2.70 bits per heavy atom. The molecule has 1 aliphatic heterocycles. The van der Waals surface area contributed by atoms with Gasteiger partial charge in [0.15, 0.2) is 0 Å². The molecule has 0 bridgehead atoms. The molecule has 1 heterocycles. The van der Waals surface area contributed by atoms with Gasteiger partial charge >= 0.3 is 0 Å². The summed E-state index contributed by atoms with van der Waals surface area (Å²) in [7, 11) is 0. The second-order valence-corrected chi connectivity index (χ2v) is 7.68. The van der Waals surface area contributed by atoms with Gasteiger partial charge in [0, 0.05) is 44.9 Å². The third-order valence-electron chi connectivity index (χ3n) is 5.24. The highest BCUT2D eigenvalue weighted by Crippen LogP contribution is 2.18. The smallest absolute Gasteiger partial charge is 0.255 e. The summed E-state index contributed by atoms with van der Waals surface area (Å²) in [6.07, 6.45) is 0.432. The number of hydrogen-bond acceptors (Lipinski definition) is 6. The molecule has 8 heteroatoms. The van der Waals surface area contributed by atoms with Crippen LogP contribution in [0.15, 0.2) is 48.5 Å². The van der Waals surface area contributed by atoms with E-state index in [2.05, 4.69) is 15.5 Å². The van der Waals surface area contributed by atoms with Crippen LogP contribution in [0.25, 0.3) is 0 Å². The molecular formula is C25H33N3O5. The van der Waals surface area contributed by atoms with E-state index in [0.717, 1.165) is 38.4 Å². The maximum absolute atomic E-state index is 12.7. The molecule has 0 unspecified atom stereocenters. The molecule has 0 aliphatic carbocycles. The fourth-order valence-corrected chi connectivity index (χ4v) is 3.48. The summed E-state index contributed by atoms with van der Waals surface area (Å²) in [6, 6.07) is 14.6. The predicted molar refractivity (Wildman–Crippen MR) is 127 cm³/mol. The summed E-state index contributed by atoms with van der Waals surface area (Å²) in [5.41, 5.74) is 2.08. The SMILES string of the molecule is CCOCCOc1ccccc1C(=O)NCc1cccc(NC(=O)CCN2CCOCC2)c1. The van der Waals surface area contributed by atoms with E-state index >= 15 is 0 Å². The number of nitrogens with one attached hydrogen (secondary N) is 2. The van der Waals surface area contributed by atoms with Gasteiger partial charge in [0.05, 0.1) is 25.4 Å². The van der Waals surface area contributed by atoms with Crippen LogP contribution >= 0.6 is 0 Å². The standard InChI is InChI=1S/C25H33N3O5/c1-2-31-16-17-33-23-9-4-3-8-22(23)25(30)26-19-20-6-5-7-21(18-20)27-24(29)10-11-28-12-14-32-15-13-28/h3-9,18H,2,10-17,19H2,1H3,(H,26,30)(H,27,29). The van der Waals surface area contributed by atoms with Crippen molar-refractivity contribution in [1.29, 1.82) is 0 Å². The van der Waals surface area contributed by atoms with Crippen LogP contribution in [0.1, 0.15) is 29.3 Å². The third-order valence-corrected chi connectivity index (χ3v) is 5.24. The molecule has 1 fully saturated rings. The average Bonchev–Trinajstić information content (AvgIpc) is 2.85. The van der Waals surface area contributed by atoms with Crippen molar-refractivity contribution in [3.05, 3.63) is 59.7 Å². The van der Waals surface area contributed by atoms with Gasteiger partial charge in [-0.05, 0) is 36.8 Å². The first kappa shape index (κ1) is 24.7. The van der Waals surface area contributed by atoms with Gasteiger partial charge in [-0.1, -0.05) is 24.3 Å². The molecule has 0 atom stereocenters. The molecule has 178 valence electrons. The summed E-state index contributed by atoms with van der Waals surface area (Å²) < 4.78 is 16.3. The Bertz CT molecular complexity index is 899. The van der Waals surface area contributed by atoms with E-state index in [0.29, 0.717) is 49.8 Å². The molecule has 0 radical (unpaired) electrons. The molecule has 0 aromatic heterocycles. The minimum absolute atomic E-state index is 0.0270. The lowest BCUT2D eigenvalue weighted by molar-refractivity contribution is -0.116. The number of ether oxygens (including phenoxy) is 3. The first-order valence-corrected chi connectivity index (χ1v) is 11.4. The number of rotatable bonds is 12. The molecule has 2 aromatic rings. The van der Waals surface area contributed by atoms with Gasteiger partial charge in [-0.2, -0.15) is 0 Å². The van der Waals surface area contributed by atoms with Crippen LogP contribution in [0.4, 0.5) is 5.69 Å². The highest BCUT2D eigenvalue weighted by molar-refractivity contribution is 5.97. The van der Waals surface area contributed by atoms with E-state index in [4.69, 9.17) is 14.2 Å². The zero-order valence-corrected chi connectivity index (χ0v) is 19.2. The maximum atomic E-state index is 12.7. The minimum Gasteiger partial charge on any atom is -0.490 e. The second kappa shape index (κ2) is 13.6. The average molecular weight is 456 g/mol. The minimum atomic E-state index is -0.220. The fraction of sp³-hybridized carbons (Fsp3) is 0.440. The van der Waals surface area contributed by atoms with Gasteiger partial charge in [0.25, 0.3) is 5.91 Å². The van der Waals surface area contributed by atoms with Gasteiger partial charge in [0.1, 0.15) is 12.4 Å². The van der Waals surface area contributed by atoms with E-state index in [-0.39, 0.29) is 11.8 Å². The predicted octanol–water partition coefficient (Wildman–Crippen LogP) is 2.69. The number of hydrogen-bond donors (Lipinski definition) is 2. The molecule has 8 nitrogen and oxygen atoms in total. The van der Waals surface area contributed by atoms with E-state index < -0.39 is 0 Å². The van der Waals surface area contributed by atoms with E-state index in [1.807, 2.05) is 37.3 Å². The molecule has 2 amide bonds. The van der Waals surface area contributed by atoms with Crippen LogP contribution in [0.3, 0.4) is 0 Å². The van der Waals surface area contributed by atoms with Gasteiger partial charge in [-0.3, -0.25) is 14.5 Å². The van der Waals surface area contributed by atoms with E-state index in [1.54, 1.807) is 18.2 Å². The van der Waals surface area contributed by atoms with Crippen molar-refractivity contribution in [1.82, 2.24) is 10.2 Å². The molecule has 2 aromatic carbocycles. The molecule has 33 heavy (non-hydrogen) atoms. The Balaban J connectivity index is 1.48. The van der Waals surface area contributed by atoms with Crippen molar-refractivity contribution in [3.8, 4) is 5.75 Å². The van der Waals surface area contributed by atoms with Crippen LogP contribution in [0, 0.1) is 0 Å². The lowest BCUT2D eigenvalue weighted by Crippen LogP contribution is -2.38. The van der Waals surface area contributed by atoms with Crippen LogP contribution in [-0.4, -0.2) is 69.4 Å². The molecule has 0 spiro atoms. The number of para-hydroxylation sites is 1. The van der Waals surface area contributed by atoms with Gasteiger partial charge in [0.2, 0.25) is 5.91 Å². The van der Waals surface area contributed by atoms with Gasteiger partial charge in [-0.25, -0.2) is 0 Å². The molecule has 1 saturated heterocycles. The van der Waals surface area contributed by atoms with Crippen LogP contribution < -0.4 is 15.4 Å². The Morgan fingerprint density at radius 2 is 1.88 bits per heavy atom. The normalized spacial score (nSPS) is 14.0. The Labute approximate surface area is 195 Å². The van der Waals surface area contributed by atoms with E-state index in [1.165, 1.54) is 0 Å². The van der Waals surface area contributed by atoms with Crippen molar-refractivity contribution < 1.29 is 23.8 Å². The van der Waals surface area contributed by atoms with E-state index in [9.17, 15) is 9.59 Å². The summed E-state index contributed by atoms with van der Waals surface area (Å²) in [6.45, 7) is 7.63. The summed E-state index contributed by atoms with van der Waals surface area (Å²) >= 11 is 0. The molecule has 0 saturated carbocycles.